The Bertz CT molecular complexity index is 521. The maximum atomic E-state index is 11.9. The molecule has 2 atom stereocenters. The molecule has 1 aliphatic heterocycles. The molecule has 1 aromatic heterocycles. The minimum atomic E-state index is -0.456. The monoisotopic (exact) mass is 322 g/mol. The minimum Gasteiger partial charge on any atom is -0.444 e. The van der Waals surface area contributed by atoms with Crippen molar-refractivity contribution in [3.05, 3.63) is 18.0 Å². The fourth-order valence-corrected chi connectivity index (χ4v) is 3.07. The van der Waals surface area contributed by atoms with E-state index in [4.69, 9.17) is 4.74 Å². The Morgan fingerprint density at radius 3 is 2.87 bits per heavy atom. The molecule has 0 aromatic carbocycles. The molecule has 1 saturated heterocycles. The first-order chi connectivity index (χ1) is 10.7. The molecule has 1 aromatic rings. The summed E-state index contributed by atoms with van der Waals surface area (Å²) in [4.78, 5) is 14.4. The zero-order chi connectivity index (χ0) is 17.0. The van der Waals surface area contributed by atoms with E-state index in [1.165, 1.54) is 5.56 Å². The number of hydrogen-bond acceptors (Lipinski definition) is 4. The quantitative estimate of drug-likeness (QED) is 0.925. The highest BCUT2D eigenvalue weighted by molar-refractivity contribution is 5.68. The Kier molecular flexibility index (Phi) is 5.68. The summed E-state index contributed by atoms with van der Waals surface area (Å²) in [5, 5.41) is 7.22. The number of alkyl carbamates (subject to hydrolysis) is 1. The summed E-state index contributed by atoms with van der Waals surface area (Å²) >= 11 is 0. The van der Waals surface area contributed by atoms with E-state index in [1.54, 1.807) is 0 Å². The van der Waals surface area contributed by atoms with E-state index in [-0.39, 0.29) is 12.1 Å². The number of likely N-dealkylation sites (tertiary alicyclic amines) is 1. The second-order valence-corrected chi connectivity index (χ2v) is 7.59. The van der Waals surface area contributed by atoms with Crippen LogP contribution in [0, 0.1) is 5.92 Å². The maximum absolute atomic E-state index is 11.9. The normalized spacial score (nSPS) is 21.0. The number of amides is 1. The molecule has 6 heteroatoms. The van der Waals surface area contributed by atoms with Crippen molar-refractivity contribution >= 4 is 6.09 Å². The van der Waals surface area contributed by atoms with Gasteiger partial charge in [-0.2, -0.15) is 5.10 Å². The van der Waals surface area contributed by atoms with E-state index in [0.717, 1.165) is 32.5 Å². The number of rotatable bonds is 4. The molecule has 1 N–H and O–H groups in total. The summed E-state index contributed by atoms with van der Waals surface area (Å²) in [5.74, 6) is 0.452. The first kappa shape index (κ1) is 17.8. The zero-order valence-corrected chi connectivity index (χ0v) is 15.0. The number of carbonyl (C=O) groups excluding carboxylic acids is 1. The number of piperidine rings is 1. The molecule has 23 heavy (non-hydrogen) atoms. The zero-order valence-electron chi connectivity index (χ0n) is 15.0. The summed E-state index contributed by atoms with van der Waals surface area (Å²) in [6.07, 6.45) is 5.96. The van der Waals surface area contributed by atoms with E-state index in [0.29, 0.717) is 5.92 Å². The van der Waals surface area contributed by atoms with E-state index in [2.05, 4.69) is 28.4 Å². The number of aryl methyl sites for hydroxylation is 1. The van der Waals surface area contributed by atoms with Crippen LogP contribution in [0.15, 0.2) is 12.4 Å². The first-order valence-corrected chi connectivity index (χ1v) is 8.42. The molecule has 0 saturated carbocycles. The Labute approximate surface area is 139 Å². The van der Waals surface area contributed by atoms with Gasteiger partial charge in [-0.15, -0.1) is 0 Å². The summed E-state index contributed by atoms with van der Waals surface area (Å²) in [6, 6.07) is 0.113. The Morgan fingerprint density at radius 2 is 2.26 bits per heavy atom. The van der Waals surface area contributed by atoms with Crippen molar-refractivity contribution in [2.75, 3.05) is 13.1 Å². The van der Waals surface area contributed by atoms with Gasteiger partial charge in [0.25, 0.3) is 0 Å². The fourth-order valence-electron chi connectivity index (χ4n) is 3.07. The Hall–Kier alpha value is -1.56. The minimum absolute atomic E-state index is 0.113. The number of ether oxygens (including phenoxy) is 1. The summed E-state index contributed by atoms with van der Waals surface area (Å²) in [6.45, 7) is 10.7. The Balaban J connectivity index is 1.83. The lowest BCUT2D eigenvalue weighted by Crippen LogP contribution is -2.47. The molecule has 1 aliphatic rings. The van der Waals surface area contributed by atoms with Crippen LogP contribution in [-0.2, 0) is 18.3 Å². The molecule has 2 heterocycles. The highest BCUT2D eigenvalue weighted by atomic mass is 16.6. The summed E-state index contributed by atoms with van der Waals surface area (Å²) < 4.78 is 7.19. The van der Waals surface area contributed by atoms with Crippen molar-refractivity contribution in [1.82, 2.24) is 20.0 Å². The molecule has 1 fully saturated rings. The van der Waals surface area contributed by atoms with E-state index >= 15 is 0 Å². The lowest BCUT2D eigenvalue weighted by Gasteiger charge is -2.36. The van der Waals surface area contributed by atoms with Crippen LogP contribution in [-0.4, -0.2) is 45.5 Å². The van der Waals surface area contributed by atoms with Crippen LogP contribution in [0.5, 0.6) is 0 Å². The predicted molar refractivity (Wildman–Crippen MR) is 90.0 cm³/mol. The molecule has 1 amide bonds. The topological polar surface area (TPSA) is 59.4 Å². The van der Waals surface area contributed by atoms with Crippen LogP contribution in [0.1, 0.15) is 46.1 Å². The van der Waals surface area contributed by atoms with Gasteiger partial charge in [-0.05, 0) is 53.0 Å². The van der Waals surface area contributed by atoms with Crippen LogP contribution < -0.4 is 5.32 Å². The lowest BCUT2D eigenvalue weighted by atomic mass is 9.91. The lowest BCUT2D eigenvalue weighted by molar-refractivity contribution is 0.0466. The number of nitrogens with zero attached hydrogens (tertiary/aromatic N) is 3. The molecule has 0 aliphatic carbocycles. The van der Waals surface area contributed by atoms with Gasteiger partial charge in [-0.25, -0.2) is 4.79 Å². The number of carbonyl (C=O) groups is 1. The van der Waals surface area contributed by atoms with Gasteiger partial charge in [0.05, 0.1) is 6.20 Å². The largest absolute Gasteiger partial charge is 0.444 e. The number of aromatic nitrogens is 2. The highest BCUT2D eigenvalue weighted by Gasteiger charge is 2.27. The van der Waals surface area contributed by atoms with Crippen molar-refractivity contribution in [2.45, 2.75) is 58.7 Å². The van der Waals surface area contributed by atoms with Gasteiger partial charge in [-0.1, -0.05) is 0 Å². The van der Waals surface area contributed by atoms with Crippen molar-refractivity contribution in [1.29, 1.82) is 0 Å². The third kappa shape index (κ3) is 5.86. The fraction of sp³-hybridized carbons (Fsp3) is 0.765. The van der Waals surface area contributed by atoms with Gasteiger partial charge >= 0.3 is 6.09 Å². The molecule has 6 nitrogen and oxygen atoms in total. The van der Waals surface area contributed by atoms with Gasteiger partial charge in [0, 0.05) is 37.9 Å². The molecule has 0 spiro atoms. The van der Waals surface area contributed by atoms with Crippen LogP contribution in [0.2, 0.25) is 0 Å². The number of hydrogen-bond donors (Lipinski definition) is 1. The predicted octanol–water partition coefficient (Wildman–Crippen LogP) is 2.55. The summed E-state index contributed by atoms with van der Waals surface area (Å²) in [5.41, 5.74) is 0.781. The molecule has 0 radical (unpaired) electrons. The molecule has 130 valence electrons. The van der Waals surface area contributed by atoms with Gasteiger partial charge in [0.2, 0.25) is 0 Å². The van der Waals surface area contributed by atoms with Crippen molar-refractivity contribution < 1.29 is 9.53 Å². The van der Waals surface area contributed by atoms with Gasteiger partial charge < -0.3 is 10.1 Å². The van der Waals surface area contributed by atoms with Crippen LogP contribution in [0.25, 0.3) is 0 Å². The van der Waals surface area contributed by atoms with E-state index in [1.807, 2.05) is 38.7 Å². The average molecular weight is 322 g/mol. The molecule has 0 bridgehead atoms. The third-order valence-electron chi connectivity index (χ3n) is 4.16. The van der Waals surface area contributed by atoms with Crippen LogP contribution in [0.3, 0.4) is 0 Å². The molecule has 2 rings (SSSR count). The van der Waals surface area contributed by atoms with Gasteiger partial charge in [0.15, 0.2) is 0 Å². The van der Waals surface area contributed by atoms with Crippen molar-refractivity contribution in [3.63, 3.8) is 0 Å². The standard InChI is InChI=1S/C17H30N4O2/c1-13(19-16(22)23-17(2,3)4)15-7-6-8-21(12-15)11-14-9-18-20(5)10-14/h9-10,13,15H,6-8,11-12H2,1-5H3,(H,19,22)/t13-,15+/m0/s1. The van der Waals surface area contributed by atoms with Crippen molar-refractivity contribution in [3.8, 4) is 0 Å². The maximum Gasteiger partial charge on any atom is 0.407 e. The van der Waals surface area contributed by atoms with Gasteiger partial charge in [0.1, 0.15) is 5.60 Å². The first-order valence-electron chi connectivity index (χ1n) is 8.42. The Morgan fingerprint density at radius 1 is 1.52 bits per heavy atom. The molecule has 0 unspecified atom stereocenters. The average Bonchev–Trinajstić information content (AvgIpc) is 2.82. The van der Waals surface area contributed by atoms with E-state index < -0.39 is 5.60 Å². The van der Waals surface area contributed by atoms with E-state index in [9.17, 15) is 4.79 Å². The second-order valence-electron chi connectivity index (χ2n) is 7.59. The summed E-state index contributed by atoms with van der Waals surface area (Å²) in [7, 11) is 1.94. The van der Waals surface area contributed by atoms with Crippen molar-refractivity contribution in [2.24, 2.45) is 13.0 Å². The highest BCUT2D eigenvalue weighted by Crippen LogP contribution is 2.21. The molecular weight excluding hydrogens is 292 g/mol. The SMILES string of the molecule is C[C@H](NC(=O)OC(C)(C)C)[C@@H]1CCCN(Cc2cnn(C)c2)C1. The smallest absolute Gasteiger partial charge is 0.407 e. The van der Waals surface area contributed by atoms with Gasteiger partial charge in [-0.3, -0.25) is 9.58 Å². The molecular formula is C17H30N4O2. The van der Waals surface area contributed by atoms with Crippen LogP contribution in [0.4, 0.5) is 4.79 Å². The second kappa shape index (κ2) is 7.34. The number of nitrogens with one attached hydrogen (secondary N) is 1. The van der Waals surface area contributed by atoms with Crippen LogP contribution >= 0.6 is 0 Å². The third-order valence-corrected chi connectivity index (χ3v) is 4.16.